The van der Waals surface area contributed by atoms with Gasteiger partial charge in [-0.3, -0.25) is 10.00 Å². The molecule has 1 aliphatic carbocycles. The number of likely N-dealkylation sites (tertiary alicyclic amines) is 1. The van der Waals surface area contributed by atoms with Gasteiger partial charge in [0, 0.05) is 25.0 Å². The summed E-state index contributed by atoms with van der Waals surface area (Å²) in [5, 5.41) is 7.00. The van der Waals surface area contributed by atoms with E-state index in [9.17, 15) is 4.79 Å². The first-order chi connectivity index (χ1) is 9.43. The third kappa shape index (κ3) is 1.89. The monoisotopic (exact) mass is 277 g/mol. The number of nitrogens with one attached hydrogen (secondary N) is 1. The molecule has 2 amide bonds. The van der Waals surface area contributed by atoms with Gasteiger partial charge in [-0.15, -0.1) is 5.10 Å². The van der Waals surface area contributed by atoms with Gasteiger partial charge < -0.3 is 4.90 Å². The van der Waals surface area contributed by atoms with Crippen LogP contribution < -0.4 is 5.32 Å². The Morgan fingerprint density at radius 2 is 2.15 bits per heavy atom. The van der Waals surface area contributed by atoms with Crippen molar-refractivity contribution in [3.05, 3.63) is 5.82 Å². The van der Waals surface area contributed by atoms with Crippen LogP contribution in [0.4, 0.5) is 10.7 Å². The van der Waals surface area contributed by atoms with Gasteiger partial charge in [0.1, 0.15) is 5.82 Å². The fourth-order valence-electron chi connectivity index (χ4n) is 3.78. The Labute approximate surface area is 119 Å². The first kappa shape index (κ1) is 13.4. The molecule has 6 nitrogen and oxygen atoms in total. The maximum Gasteiger partial charge on any atom is 0.324 e. The highest BCUT2D eigenvalue weighted by Crippen LogP contribution is 2.55. The molecule has 110 valence electrons. The Morgan fingerprint density at radius 3 is 2.60 bits per heavy atom. The van der Waals surface area contributed by atoms with Crippen LogP contribution >= 0.6 is 0 Å². The topological polar surface area (TPSA) is 63.1 Å². The van der Waals surface area contributed by atoms with Gasteiger partial charge >= 0.3 is 6.03 Å². The predicted octanol–water partition coefficient (Wildman–Crippen LogP) is 2.17. The zero-order valence-corrected chi connectivity index (χ0v) is 12.7. The molecular weight excluding hydrogens is 254 g/mol. The lowest BCUT2D eigenvalue weighted by Crippen LogP contribution is -2.71. The minimum Gasteiger partial charge on any atom is -0.320 e. The van der Waals surface area contributed by atoms with Crippen molar-refractivity contribution in [1.29, 1.82) is 0 Å². The molecule has 1 aliphatic heterocycles. The number of carbonyl (C=O) groups excluding carboxylic acids is 1. The standard InChI is InChI=1S/C14H23N5O/c1-9(2)11-14(6-5-7-14)8-19(11)13(20)16-12-15-10(3)18(4)17-12/h9,11H,5-8H2,1-4H3,(H,16,17,20). The zero-order valence-electron chi connectivity index (χ0n) is 12.7. The van der Waals surface area contributed by atoms with Gasteiger partial charge in [0.15, 0.2) is 0 Å². The SMILES string of the molecule is Cc1nc(NC(=O)N2CC3(CCC3)C2C(C)C)nn1C. The van der Waals surface area contributed by atoms with Crippen molar-refractivity contribution in [3.63, 3.8) is 0 Å². The highest BCUT2D eigenvalue weighted by molar-refractivity contribution is 5.88. The van der Waals surface area contributed by atoms with Crippen molar-refractivity contribution in [2.24, 2.45) is 18.4 Å². The lowest BCUT2D eigenvalue weighted by Gasteiger charge is -2.63. The van der Waals surface area contributed by atoms with Crippen LogP contribution in [0, 0.1) is 18.3 Å². The number of aromatic nitrogens is 3. The lowest BCUT2D eigenvalue weighted by atomic mass is 9.55. The van der Waals surface area contributed by atoms with Crippen molar-refractivity contribution >= 4 is 12.0 Å². The first-order valence-electron chi connectivity index (χ1n) is 7.38. The number of hydrogen-bond acceptors (Lipinski definition) is 3. The van der Waals surface area contributed by atoms with Gasteiger partial charge in [0.05, 0.1) is 0 Å². The summed E-state index contributed by atoms with van der Waals surface area (Å²) in [5.41, 5.74) is 0.402. The molecular formula is C14H23N5O. The molecule has 20 heavy (non-hydrogen) atoms. The molecule has 1 aromatic heterocycles. The highest BCUT2D eigenvalue weighted by Gasteiger charge is 2.58. The average molecular weight is 277 g/mol. The van der Waals surface area contributed by atoms with Crippen LogP contribution in [-0.2, 0) is 7.05 Å². The number of anilines is 1. The van der Waals surface area contributed by atoms with Gasteiger partial charge in [-0.2, -0.15) is 4.98 Å². The number of nitrogens with zero attached hydrogens (tertiary/aromatic N) is 4. The number of urea groups is 1. The molecule has 2 aliphatic rings. The summed E-state index contributed by atoms with van der Waals surface area (Å²) in [7, 11) is 1.82. The van der Waals surface area contributed by atoms with Gasteiger partial charge in [0.2, 0.25) is 5.95 Å². The third-order valence-electron chi connectivity index (χ3n) is 4.89. The molecule has 1 saturated carbocycles. The van der Waals surface area contributed by atoms with E-state index in [4.69, 9.17) is 0 Å². The van der Waals surface area contributed by atoms with E-state index in [0.29, 0.717) is 23.3 Å². The molecule has 2 fully saturated rings. The number of amides is 2. The molecule has 1 N–H and O–H groups in total. The fourth-order valence-corrected chi connectivity index (χ4v) is 3.78. The van der Waals surface area contributed by atoms with E-state index in [-0.39, 0.29) is 6.03 Å². The summed E-state index contributed by atoms with van der Waals surface area (Å²) in [6.45, 7) is 7.15. The second-order valence-electron chi connectivity index (χ2n) is 6.57. The molecule has 0 radical (unpaired) electrons. The van der Waals surface area contributed by atoms with Crippen LogP contribution in [0.1, 0.15) is 38.9 Å². The number of hydrogen-bond donors (Lipinski definition) is 1. The summed E-state index contributed by atoms with van der Waals surface area (Å²) in [5.74, 6) is 1.68. The quantitative estimate of drug-likeness (QED) is 0.901. The van der Waals surface area contributed by atoms with Crippen LogP contribution in [-0.4, -0.2) is 38.3 Å². The average Bonchev–Trinajstić information content (AvgIpc) is 2.53. The number of rotatable bonds is 2. The van der Waals surface area contributed by atoms with Gasteiger partial charge in [-0.1, -0.05) is 20.3 Å². The summed E-state index contributed by atoms with van der Waals surface area (Å²) in [4.78, 5) is 18.6. The van der Waals surface area contributed by atoms with E-state index >= 15 is 0 Å². The van der Waals surface area contributed by atoms with Gasteiger partial charge in [0.25, 0.3) is 0 Å². The minimum absolute atomic E-state index is 0.0631. The molecule has 1 saturated heterocycles. The molecule has 3 rings (SSSR count). The van der Waals surface area contributed by atoms with Gasteiger partial charge in [-0.05, 0) is 25.7 Å². The van der Waals surface area contributed by atoms with E-state index in [2.05, 4.69) is 29.2 Å². The summed E-state index contributed by atoms with van der Waals surface area (Å²) in [6, 6.07) is 0.299. The normalized spacial score (nSPS) is 23.6. The van der Waals surface area contributed by atoms with E-state index in [1.807, 2.05) is 18.9 Å². The van der Waals surface area contributed by atoms with Crippen molar-refractivity contribution in [1.82, 2.24) is 19.7 Å². The Bertz CT molecular complexity index is 512. The summed E-state index contributed by atoms with van der Waals surface area (Å²) < 4.78 is 1.67. The molecule has 1 spiro atoms. The third-order valence-corrected chi connectivity index (χ3v) is 4.89. The van der Waals surface area contributed by atoms with E-state index in [0.717, 1.165) is 12.4 Å². The zero-order chi connectivity index (χ0) is 14.5. The fraction of sp³-hybridized carbons (Fsp3) is 0.786. The van der Waals surface area contributed by atoms with Crippen LogP contribution in [0.15, 0.2) is 0 Å². The molecule has 6 heteroatoms. The van der Waals surface area contributed by atoms with E-state index in [1.54, 1.807) is 4.68 Å². The number of aryl methyl sites for hydroxylation is 2. The largest absolute Gasteiger partial charge is 0.324 e. The second-order valence-corrected chi connectivity index (χ2v) is 6.57. The Hall–Kier alpha value is -1.59. The van der Waals surface area contributed by atoms with Crippen molar-refractivity contribution in [2.45, 2.75) is 46.1 Å². The summed E-state index contributed by atoms with van der Waals surface area (Å²) in [6.07, 6.45) is 3.83. The smallest absolute Gasteiger partial charge is 0.320 e. The van der Waals surface area contributed by atoms with Crippen LogP contribution in [0.5, 0.6) is 0 Å². The van der Waals surface area contributed by atoms with Crippen LogP contribution in [0.3, 0.4) is 0 Å². The molecule has 1 atom stereocenters. The van der Waals surface area contributed by atoms with Crippen LogP contribution in [0.2, 0.25) is 0 Å². The van der Waals surface area contributed by atoms with Gasteiger partial charge in [-0.25, -0.2) is 4.79 Å². The van der Waals surface area contributed by atoms with Crippen molar-refractivity contribution < 1.29 is 4.79 Å². The highest BCUT2D eigenvalue weighted by atomic mass is 16.2. The Kier molecular flexibility index (Phi) is 2.99. The number of carbonyl (C=O) groups is 1. The van der Waals surface area contributed by atoms with Crippen LogP contribution in [0.25, 0.3) is 0 Å². The molecule has 0 bridgehead atoms. The van der Waals surface area contributed by atoms with E-state index in [1.165, 1.54) is 19.3 Å². The summed E-state index contributed by atoms with van der Waals surface area (Å²) >= 11 is 0. The predicted molar refractivity (Wildman–Crippen MR) is 76.4 cm³/mol. The Balaban J connectivity index is 1.68. The second kappa shape index (κ2) is 4.46. The molecule has 1 unspecified atom stereocenters. The maximum absolute atomic E-state index is 12.4. The molecule has 0 aromatic carbocycles. The lowest BCUT2D eigenvalue weighted by molar-refractivity contribution is -0.114. The van der Waals surface area contributed by atoms with E-state index < -0.39 is 0 Å². The molecule has 2 heterocycles. The first-order valence-corrected chi connectivity index (χ1v) is 7.38. The molecule has 1 aromatic rings. The Morgan fingerprint density at radius 1 is 1.45 bits per heavy atom. The van der Waals surface area contributed by atoms with Crippen molar-refractivity contribution in [2.75, 3.05) is 11.9 Å². The van der Waals surface area contributed by atoms with Crippen molar-refractivity contribution in [3.8, 4) is 0 Å². The maximum atomic E-state index is 12.4. The minimum atomic E-state index is -0.0631.